The zero-order chi connectivity index (χ0) is 17.6. The summed E-state index contributed by atoms with van der Waals surface area (Å²) in [6.07, 6.45) is -2.01. The molecule has 0 fully saturated rings. The van der Waals surface area contributed by atoms with Crippen LogP contribution in [-0.2, 0) is 11.0 Å². The average Bonchev–Trinajstić information content (AvgIpc) is 3.05. The van der Waals surface area contributed by atoms with E-state index in [0.717, 1.165) is 12.1 Å². The number of benzene rings is 1. The number of alkyl halides is 3. The smallest absolute Gasteiger partial charge is 0.417 e. The van der Waals surface area contributed by atoms with Crippen molar-refractivity contribution in [3.63, 3.8) is 0 Å². The Balaban J connectivity index is 1.90. The number of hydrogen-bond acceptors (Lipinski definition) is 4. The van der Waals surface area contributed by atoms with Crippen molar-refractivity contribution in [1.82, 2.24) is 10.7 Å². The molecule has 0 radical (unpaired) electrons. The van der Waals surface area contributed by atoms with Crippen molar-refractivity contribution in [2.45, 2.75) is 6.18 Å². The van der Waals surface area contributed by atoms with E-state index in [1.165, 1.54) is 24.6 Å². The van der Waals surface area contributed by atoms with E-state index in [4.69, 9.17) is 4.42 Å². The summed E-state index contributed by atoms with van der Waals surface area (Å²) in [6, 6.07) is 7.54. The van der Waals surface area contributed by atoms with Gasteiger partial charge < -0.3 is 9.73 Å². The first-order chi connectivity index (χ1) is 11.4. The fourth-order valence-electron chi connectivity index (χ4n) is 1.76. The van der Waals surface area contributed by atoms with Crippen LogP contribution >= 0.6 is 0 Å². The molecule has 2 amide bonds. The van der Waals surface area contributed by atoms with Gasteiger partial charge in [-0.15, -0.1) is 0 Å². The van der Waals surface area contributed by atoms with Gasteiger partial charge in [0.2, 0.25) is 0 Å². The van der Waals surface area contributed by atoms with Gasteiger partial charge in [0.15, 0.2) is 0 Å². The van der Waals surface area contributed by atoms with Crippen LogP contribution in [-0.4, -0.2) is 24.6 Å². The van der Waals surface area contributed by atoms with E-state index in [1.54, 1.807) is 12.1 Å². The van der Waals surface area contributed by atoms with Crippen LogP contribution in [0.25, 0.3) is 0 Å². The SMILES string of the molecule is O=C(CNC(=O)c1ccccc1C(F)(F)F)N/N=C/c1ccco1. The van der Waals surface area contributed by atoms with Gasteiger partial charge in [-0.25, -0.2) is 5.43 Å². The van der Waals surface area contributed by atoms with Crippen LogP contribution < -0.4 is 10.7 Å². The van der Waals surface area contributed by atoms with Crippen molar-refractivity contribution < 1.29 is 27.2 Å². The lowest BCUT2D eigenvalue weighted by molar-refractivity contribution is -0.137. The number of nitrogens with one attached hydrogen (secondary N) is 2. The number of furan rings is 1. The second kappa shape index (κ2) is 7.44. The predicted octanol–water partition coefficient (Wildman–Crippen LogP) is 2.18. The van der Waals surface area contributed by atoms with Crippen molar-refractivity contribution in [3.8, 4) is 0 Å². The molecule has 1 aromatic carbocycles. The molecule has 2 aromatic rings. The zero-order valence-electron chi connectivity index (χ0n) is 12.1. The average molecular weight is 339 g/mol. The van der Waals surface area contributed by atoms with Crippen molar-refractivity contribution in [3.05, 3.63) is 59.5 Å². The number of carbonyl (C=O) groups excluding carboxylic acids is 2. The number of rotatable bonds is 5. The van der Waals surface area contributed by atoms with Crippen molar-refractivity contribution in [2.75, 3.05) is 6.54 Å². The molecule has 24 heavy (non-hydrogen) atoms. The first-order valence-corrected chi connectivity index (χ1v) is 6.68. The molecule has 0 aliphatic rings. The van der Waals surface area contributed by atoms with Gasteiger partial charge in [0.05, 0.1) is 30.1 Å². The lowest BCUT2D eigenvalue weighted by atomic mass is 10.1. The Bertz CT molecular complexity index is 740. The Labute approximate surface area is 134 Å². The number of carbonyl (C=O) groups is 2. The van der Waals surface area contributed by atoms with Crippen LogP contribution in [0, 0.1) is 0 Å². The Morgan fingerprint density at radius 3 is 2.58 bits per heavy atom. The first-order valence-electron chi connectivity index (χ1n) is 6.68. The zero-order valence-corrected chi connectivity index (χ0v) is 12.1. The Morgan fingerprint density at radius 2 is 1.92 bits per heavy atom. The minimum absolute atomic E-state index is 0.401. The van der Waals surface area contributed by atoms with E-state index in [0.29, 0.717) is 5.76 Å². The van der Waals surface area contributed by atoms with E-state index >= 15 is 0 Å². The highest BCUT2D eigenvalue weighted by molar-refractivity contribution is 5.97. The van der Waals surface area contributed by atoms with Crippen LogP contribution in [0.5, 0.6) is 0 Å². The van der Waals surface area contributed by atoms with E-state index in [9.17, 15) is 22.8 Å². The summed E-state index contributed by atoms with van der Waals surface area (Å²) in [5.74, 6) is -1.30. The predicted molar refractivity (Wildman–Crippen MR) is 78.2 cm³/mol. The van der Waals surface area contributed by atoms with Gasteiger partial charge in [-0.2, -0.15) is 18.3 Å². The van der Waals surface area contributed by atoms with Crippen LogP contribution in [0.4, 0.5) is 13.2 Å². The van der Waals surface area contributed by atoms with Gasteiger partial charge in [-0.3, -0.25) is 9.59 Å². The molecule has 1 heterocycles. The van der Waals surface area contributed by atoms with E-state index in [2.05, 4.69) is 15.8 Å². The molecule has 2 N–H and O–H groups in total. The molecule has 1 aromatic heterocycles. The Hall–Kier alpha value is -3.10. The highest BCUT2D eigenvalue weighted by Gasteiger charge is 2.34. The van der Waals surface area contributed by atoms with Crippen molar-refractivity contribution >= 4 is 18.0 Å². The molecule has 0 saturated carbocycles. The molecule has 2 rings (SSSR count). The second-order valence-electron chi connectivity index (χ2n) is 4.53. The summed E-state index contributed by atoms with van der Waals surface area (Å²) in [6.45, 7) is -0.527. The third-order valence-corrected chi connectivity index (χ3v) is 2.81. The van der Waals surface area contributed by atoms with Gasteiger partial charge in [0, 0.05) is 0 Å². The van der Waals surface area contributed by atoms with Gasteiger partial charge in [0.1, 0.15) is 5.76 Å². The molecule has 0 unspecified atom stereocenters. The van der Waals surface area contributed by atoms with E-state index in [-0.39, 0.29) is 0 Å². The highest BCUT2D eigenvalue weighted by Crippen LogP contribution is 2.31. The molecular formula is C15H12F3N3O3. The maximum absolute atomic E-state index is 12.8. The molecule has 0 aliphatic heterocycles. The Morgan fingerprint density at radius 1 is 1.17 bits per heavy atom. The lowest BCUT2D eigenvalue weighted by Gasteiger charge is -2.12. The van der Waals surface area contributed by atoms with Crippen LogP contribution in [0.3, 0.4) is 0 Å². The standard InChI is InChI=1S/C15H12F3N3O3/c16-15(17,18)12-6-2-1-5-11(12)14(23)19-9-13(22)21-20-8-10-4-3-7-24-10/h1-8H,9H2,(H,19,23)(H,21,22)/b20-8+. The molecule has 0 aliphatic carbocycles. The van der Waals surface area contributed by atoms with Gasteiger partial charge in [-0.05, 0) is 24.3 Å². The quantitative estimate of drug-likeness (QED) is 0.647. The third kappa shape index (κ3) is 4.70. The molecule has 0 spiro atoms. The van der Waals surface area contributed by atoms with Gasteiger partial charge in [0.25, 0.3) is 11.8 Å². The van der Waals surface area contributed by atoms with Crippen LogP contribution in [0.1, 0.15) is 21.7 Å². The maximum atomic E-state index is 12.8. The van der Waals surface area contributed by atoms with Crippen LogP contribution in [0.15, 0.2) is 52.2 Å². The normalized spacial score (nSPS) is 11.5. The molecule has 0 bridgehead atoms. The number of halogens is 3. The largest absolute Gasteiger partial charge is 0.463 e. The summed E-state index contributed by atoms with van der Waals surface area (Å²) < 4.78 is 43.4. The summed E-state index contributed by atoms with van der Waals surface area (Å²) in [7, 11) is 0. The summed E-state index contributed by atoms with van der Waals surface area (Å²) in [4.78, 5) is 23.3. The minimum atomic E-state index is -4.66. The van der Waals surface area contributed by atoms with Crippen molar-refractivity contribution in [2.24, 2.45) is 5.10 Å². The van der Waals surface area contributed by atoms with E-state index in [1.807, 2.05) is 0 Å². The monoisotopic (exact) mass is 339 g/mol. The molecule has 126 valence electrons. The second-order valence-corrected chi connectivity index (χ2v) is 4.53. The maximum Gasteiger partial charge on any atom is 0.417 e. The molecule has 0 saturated heterocycles. The van der Waals surface area contributed by atoms with E-state index < -0.39 is 35.7 Å². The number of hydrogen-bond donors (Lipinski definition) is 2. The highest BCUT2D eigenvalue weighted by atomic mass is 19.4. The first kappa shape index (κ1) is 17.3. The topological polar surface area (TPSA) is 83.7 Å². The van der Waals surface area contributed by atoms with Gasteiger partial charge in [-0.1, -0.05) is 12.1 Å². The minimum Gasteiger partial charge on any atom is -0.463 e. The lowest BCUT2D eigenvalue weighted by Crippen LogP contribution is -2.35. The van der Waals surface area contributed by atoms with Crippen molar-refractivity contribution in [1.29, 1.82) is 0 Å². The summed E-state index contributed by atoms with van der Waals surface area (Å²) >= 11 is 0. The number of amides is 2. The molecular weight excluding hydrogens is 327 g/mol. The molecule has 6 nitrogen and oxygen atoms in total. The fraction of sp³-hybridized carbons (Fsp3) is 0.133. The number of nitrogens with zero attached hydrogens (tertiary/aromatic N) is 1. The summed E-state index contributed by atoms with van der Waals surface area (Å²) in [5.41, 5.74) is 0.477. The Kier molecular flexibility index (Phi) is 5.35. The van der Waals surface area contributed by atoms with Crippen LogP contribution in [0.2, 0.25) is 0 Å². The van der Waals surface area contributed by atoms with Gasteiger partial charge >= 0.3 is 6.18 Å². The third-order valence-electron chi connectivity index (χ3n) is 2.81. The summed E-state index contributed by atoms with van der Waals surface area (Å²) in [5, 5.41) is 5.68. The molecule has 0 atom stereocenters. The fourth-order valence-corrected chi connectivity index (χ4v) is 1.76. The number of hydrazone groups is 1. The molecule has 9 heteroatoms.